The number of carbonyl (C=O) groups excluding carboxylic acids is 2. The number of sulfonamides is 1. The van der Waals surface area contributed by atoms with Crippen LogP contribution in [0.4, 0.5) is 0 Å². The molecule has 0 radical (unpaired) electrons. The molecule has 0 bridgehead atoms. The third kappa shape index (κ3) is 4.96. The van der Waals surface area contributed by atoms with Crippen molar-refractivity contribution in [3.8, 4) is 11.5 Å². The Kier molecular flexibility index (Phi) is 6.23. The first kappa shape index (κ1) is 20.9. The Labute approximate surface area is 168 Å². The number of benzene rings is 1. The molecule has 0 amide bonds. The summed E-state index contributed by atoms with van der Waals surface area (Å²) in [5, 5.41) is -0.234. The zero-order chi connectivity index (χ0) is 21.0. The second-order valence-electron chi connectivity index (χ2n) is 6.45. The third-order valence-electron chi connectivity index (χ3n) is 4.17. The van der Waals surface area contributed by atoms with E-state index in [1.165, 1.54) is 26.2 Å². The van der Waals surface area contributed by atoms with Gasteiger partial charge in [0.05, 0.1) is 6.42 Å². The van der Waals surface area contributed by atoms with Crippen molar-refractivity contribution in [1.82, 2.24) is 4.31 Å². The maximum Gasteiger partial charge on any atom is 0.306 e. The number of furan rings is 1. The number of ether oxygens (including phenoxy) is 3. The zero-order valence-electron chi connectivity index (χ0n) is 16.0. The average molecular weight is 423 g/mol. The van der Waals surface area contributed by atoms with Gasteiger partial charge in [0, 0.05) is 26.1 Å². The van der Waals surface area contributed by atoms with Crippen LogP contribution < -0.4 is 9.47 Å². The molecule has 2 heterocycles. The van der Waals surface area contributed by atoms with Gasteiger partial charge in [-0.25, -0.2) is 12.7 Å². The molecule has 0 fully saturated rings. The van der Waals surface area contributed by atoms with E-state index in [-0.39, 0.29) is 36.1 Å². The minimum Gasteiger partial charge on any atom is -0.486 e. The van der Waals surface area contributed by atoms with Crippen molar-refractivity contribution < 1.29 is 36.6 Å². The highest BCUT2D eigenvalue weighted by Crippen LogP contribution is 2.31. The number of Topliss-reactive ketones (excluding diaryl/α,β-unsaturated/α-hetero) is 1. The largest absolute Gasteiger partial charge is 0.486 e. The standard InChI is InChI=1S/C19H21NO8S/c1-20(2)29(23,24)19-8-4-14(28-19)12-27-18(22)7-5-15(21)13-3-6-16-17(11-13)26-10-9-25-16/h3-4,6,8,11H,5,7,9-10,12H2,1-2H3. The van der Waals surface area contributed by atoms with Crippen LogP contribution in [-0.4, -0.2) is 51.8 Å². The lowest BCUT2D eigenvalue weighted by atomic mass is 10.1. The second kappa shape index (κ2) is 8.66. The summed E-state index contributed by atoms with van der Waals surface area (Å²) < 4.78 is 46.0. The van der Waals surface area contributed by atoms with E-state index in [9.17, 15) is 18.0 Å². The SMILES string of the molecule is CN(C)S(=O)(=O)c1ccc(COC(=O)CCC(=O)c2ccc3c(c2)OCCO3)o1. The maximum absolute atomic E-state index is 12.3. The molecule has 0 aliphatic carbocycles. The molecule has 0 N–H and O–H groups in total. The number of hydrogen-bond donors (Lipinski definition) is 0. The van der Waals surface area contributed by atoms with Crippen molar-refractivity contribution in [2.75, 3.05) is 27.3 Å². The average Bonchev–Trinajstić information content (AvgIpc) is 3.20. The van der Waals surface area contributed by atoms with Crippen LogP contribution in [0.5, 0.6) is 11.5 Å². The maximum atomic E-state index is 12.3. The summed E-state index contributed by atoms with van der Waals surface area (Å²) >= 11 is 0. The summed E-state index contributed by atoms with van der Waals surface area (Å²) in [4.78, 5) is 24.2. The molecule has 9 nitrogen and oxygen atoms in total. The predicted molar refractivity (Wildman–Crippen MR) is 100 cm³/mol. The third-order valence-corrected chi connectivity index (χ3v) is 5.86. The van der Waals surface area contributed by atoms with E-state index in [0.717, 1.165) is 4.31 Å². The highest BCUT2D eigenvalue weighted by molar-refractivity contribution is 7.88. The Bertz CT molecular complexity index is 1010. The van der Waals surface area contributed by atoms with Gasteiger partial charge in [0.15, 0.2) is 17.3 Å². The van der Waals surface area contributed by atoms with E-state index in [1.807, 2.05) is 0 Å². The molecule has 1 aliphatic rings. The van der Waals surface area contributed by atoms with Gasteiger partial charge >= 0.3 is 5.97 Å². The number of hydrogen-bond acceptors (Lipinski definition) is 8. The van der Waals surface area contributed by atoms with Crippen molar-refractivity contribution in [2.24, 2.45) is 0 Å². The molecule has 1 aromatic heterocycles. The van der Waals surface area contributed by atoms with Crippen LogP contribution >= 0.6 is 0 Å². The number of esters is 1. The highest BCUT2D eigenvalue weighted by atomic mass is 32.2. The summed E-state index contributed by atoms with van der Waals surface area (Å²) in [7, 11) is -0.921. The molecule has 0 unspecified atom stereocenters. The summed E-state index contributed by atoms with van der Waals surface area (Å²) in [6, 6.07) is 7.60. The molecule has 156 valence electrons. The topological polar surface area (TPSA) is 112 Å². The van der Waals surface area contributed by atoms with Gasteiger partial charge in [-0.05, 0) is 30.3 Å². The fraction of sp³-hybridized carbons (Fsp3) is 0.368. The van der Waals surface area contributed by atoms with Gasteiger partial charge in [-0.1, -0.05) is 0 Å². The minimum atomic E-state index is -3.69. The highest BCUT2D eigenvalue weighted by Gasteiger charge is 2.22. The van der Waals surface area contributed by atoms with Crippen LogP contribution in [0.25, 0.3) is 0 Å². The van der Waals surface area contributed by atoms with Crippen LogP contribution in [0.1, 0.15) is 29.0 Å². The van der Waals surface area contributed by atoms with Crippen LogP contribution in [0, 0.1) is 0 Å². The summed E-state index contributed by atoms with van der Waals surface area (Å²) in [5.41, 5.74) is 0.423. The predicted octanol–water partition coefficient (Wildman–Crippen LogP) is 2.01. The Morgan fingerprint density at radius 1 is 1.03 bits per heavy atom. The van der Waals surface area contributed by atoms with E-state index in [1.54, 1.807) is 18.2 Å². The first-order chi connectivity index (χ1) is 13.8. The quantitative estimate of drug-likeness (QED) is 0.468. The fourth-order valence-corrected chi connectivity index (χ4v) is 3.37. The smallest absolute Gasteiger partial charge is 0.306 e. The summed E-state index contributed by atoms with van der Waals surface area (Å²) in [5.74, 6) is 0.463. The van der Waals surface area contributed by atoms with E-state index in [4.69, 9.17) is 18.6 Å². The molecule has 3 rings (SSSR count). The Morgan fingerprint density at radius 3 is 2.48 bits per heavy atom. The van der Waals surface area contributed by atoms with Crippen LogP contribution in [0.2, 0.25) is 0 Å². The Balaban J connectivity index is 1.49. The summed E-state index contributed by atoms with van der Waals surface area (Å²) in [6.07, 6.45) is -0.145. The van der Waals surface area contributed by atoms with Crippen molar-refractivity contribution >= 4 is 21.8 Å². The lowest BCUT2D eigenvalue weighted by Crippen LogP contribution is -2.21. The molecular formula is C19H21NO8S. The van der Waals surface area contributed by atoms with Crippen LogP contribution in [-0.2, 0) is 26.2 Å². The first-order valence-corrected chi connectivity index (χ1v) is 10.3. The molecular weight excluding hydrogens is 402 g/mol. The number of rotatable bonds is 8. The van der Waals surface area contributed by atoms with E-state index >= 15 is 0 Å². The monoisotopic (exact) mass is 423 g/mol. The minimum absolute atomic E-state index is 0.0309. The Hall–Kier alpha value is -2.85. The van der Waals surface area contributed by atoms with Crippen molar-refractivity contribution in [3.63, 3.8) is 0 Å². The number of fused-ring (bicyclic) bond motifs is 1. The molecule has 2 aromatic rings. The van der Waals surface area contributed by atoms with Crippen LogP contribution in [0.15, 0.2) is 39.8 Å². The summed E-state index contributed by atoms with van der Waals surface area (Å²) in [6.45, 7) is 0.658. The van der Waals surface area contributed by atoms with Crippen molar-refractivity contribution in [2.45, 2.75) is 24.5 Å². The number of ketones is 1. The van der Waals surface area contributed by atoms with Gasteiger partial charge in [-0.2, -0.15) is 0 Å². The lowest BCUT2D eigenvalue weighted by Gasteiger charge is -2.18. The van der Waals surface area contributed by atoms with Gasteiger partial charge in [0.1, 0.15) is 25.6 Å². The van der Waals surface area contributed by atoms with Gasteiger partial charge in [-0.3, -0.25) is 9.59 Å². The fourth-order valence-electron chi connectivity index (χ4n) is 2.55. The molecule has 29 heavy (non-hydrogen) atoms. The number of carbonyl (C=O) groups is 2. The van der Waals surface area contributed by atoms with Gasteiger partial charge in [0.2, 0.25) is 5.09 Å². The molecule has 0 spiro atoms. The normalized spacial score (nSPS) is 13.3. The molecule has 0 atom stereocenters. The Morgan fingerprint density at radius 2 is 1.76 bits per heavy atom. The number of nitrogens with zero attached hydrogens (tertiary/aromatic N) is 1. The second-order valence-corrected chi connectivity index (χ2v) is 8.53. The van der Waals surface area contributed by atoms with Crippen molar-refractivity contribution in [3.05, 3.63) is 41.7 Å². The van der Waals surface area contributed by atoms with Gasteiger partial charge in [-0.15, -0.1) is 0 Å². The molecule has 10 heteroatoms. The zero-order valence-corrected chi connectivity index (χ0v) is 16.9. The molecule has 1 aliphatic heterocycles. The lowest BCUT2D eigenvalue weighted by molar-refractivity contribution is -0.145. The van der Waals surface area contributed by atoms with Crippen LogP contribution in [0.3, 0.4) is 0 Å². The van der Waals surface area contributed by atoms with Crippen molar-refractivity contribution in [1.29, 1.82) is 0 Å². The molecule has 1 aromatic carbocycles. The van der Waals surface area contributed by atoms with E-state index < -0.39 is 16.0 Å². The molecule has 0 saturated heterocycles. The molecule has 0 saturated carbocycles. The van der Waals surface area contributed by atoms with E-state index in [2.05, 4.69) is 0 Å². The van der Waals surface area contributed by atoms with Gasteiger partial charge in [0.25, 0.3) is 10.0 Å². The van der Waals surface area contributed by atoms with E-state index in [0.29, 0.717) is 30.3 Å². The van der Waals surface area contributed by atoms with Gasteiger partial charge < -0.3 is 18.6 Å². The first-order valence-electron chi connectivity index (χ1n) is 8.87.